The number of hydrogen-bond donors (Lipinski definition) is 0. The zero-order chi connectivity index (χ0) is 61.2. The summed E-state index contributed by atoms with van der Waals surface area (Å²) in [5.74, 6) is -0.840. The van der Waals surface area contributed by atoms with Crippen LogP contribution in [0, 0.1) is 0 Å². The van der Waals surface area contributed by atoms with Gasteiger partial charge in [-0.1, -0.05) is 331 Å². The fourth-order valence-corrected chi connectivity index (χ4v) is 11.0. The van der Waals surface area contributed by atoms with Crippen LogP contribution in [0.5, 0.6) is 0 Å². The highest BCUT2D eigenvalue weighted by atomic mass is 31.2. The van der Waals surface area contributed by atoms with Gasteiger partial charge in [0, 0.05) is 12.8 Å². The van der Waals surface area contributed by atoms with Gasteiger partial charge in [0.2, 0.25) is 0 Å². The van der Waals surface area contributed by atoms with Crippen LogP contribution < -0.4 is 4.89 Å². The lowest BCUT2D eigenvalue weighted by Gasteiger charge is -2.28. The molecule has 84 heavy (non-hydrogen) atoms. The van der Waals surface area contributed by atoms with Gasteiger partial charge >= 0.3 is 11.9 Å². The third-order valence-corrected chi connectivity index (χ3v) is 16.7. The van der Waals surface area contributed by atoms with Crippen molar-refractivity contribution in [3.63, 3.8) is 0 Å². The number of phosphoric ester groups is 1. The minimum atomic E-state index is -4.65. The summed E-state index contributed by atoms with van der Waals surface area (Å²) in [6.45, 7) is 4.15. The summed E-state index contributed by atoms with van der Waals surface area (Å²) in [7, 11) is 1.16. The van der Waals surface area contributed by atoms with Gasteiger partial charge in [0.05, 0.1) is 27.7 Å². The van der Waals surface area contributed by atoms with Crippen molar-refractivity contribution in [1.82, 2.24) is 0 Å². The maximum atomic E-state index is 12.8. The number of carbonyl (C=O) groups excluding carboxylic acids is 2. The monoisotopic (exact) mass is 1200 g/mol. The Bertz CT molecular complexity index is 1650. The second kappa shape index (κ2) is 64.9. The van der Waals surface area contributed by atoms with Crippen LogP contribution in [0.25, 0.3) is 0 Å². The van der Waals surface area contributed by atoms with Crippen molar-refractivity contribution < 1.29 is 42.1 Å². The van der Waals surface area contributed by atoms with Gasteiger partial charge in [-0.3, -0.25) is 14.2 Å². The first-order valence-corrected chi connectivity index (χ1v) is 37.1. The average Bonchev–Trinajstić information content (AvgIpc) is 3.60. The number of hydrogen-bond acceptors (Lipinski definition) is 8. The number of nitrogens with zero attached hydrogens (tertiary/aromatic N) is 1. The van der Waals surface area contributed by atoms with Crippen LogP contribution in [0.1, 0.15) is 335 Å². The molecular formula is C74H136NO8P. The topological polar surface area (TPSA) is 111 Å². The molecule has 0 spiro atoms. The molecule has 0 saturated carbocycles. The lowest BCUT2D eigenvalue weighted by atomic mass is 10.0. The Morgan fingerprint density at radius 2 is 0.679 bits per heavy atom. The number of carbonyl (C=O) groups is 2. The van der Waals surface area contributed by atoms with E-state index in [1.807, 2.05) is 21.1 Å². The second-order valence-corrected chi connectivity index (χ2v) is 26.6. The van der Waals surface area contributed by atoms with E-state index in [0.29, 0.717) is 17.4 Å². The number of unbranched alkanes of at least 4 members (excludes halogenated alkanes) is 40. The van der Waals surface area contributed by atoms with Gasteiger partial charge in [0.25, 0.3) is 7.82 Å². The minimum Gasteiger partial charge on any atom is -0.756 e. The van der Waals surface area contributed by atoms with Gasteiger partial charge in [-0.25, -0.2) is 0 Å². The molecule has 0 radical (unpaired) electrons. The standard InChI is InChI=1S/C74H136NO8P/c1-6-8-10-12-14-16-18-20-22-24-26-28-30-32-33-34-35-36-37-38-39-40-41-43-44-46-48-50-52-54-56-58-60-62-64-66-73(76)80-70-72(71-82-84(78,79)81-69-68-75(3,4)5)83-74(77)67-65-63-61-59-57-55-53-51-49-47-45-42-31-29-27-25-23-21-19-17-15-13-11-9-7-2/h9,11,15,17,21,23,27,29,42,45,49,51,72H,6-8,10,12-14,16,18-20,22,24-26,28,30-41,43-44,46-48,50,52-71H2,1-5H3/b11-9-,17-15-,23-21-,29-27-,45-42-,51-49-. The fraction of sp³-hybridized carbons (Fsp3) is 0.811. The lowest BCUT2D eigenvalue weighted by Crippen LogP contribution is -2.37. The molecule has 0 aromatic carbocycles. The first kappa shape index (κ1) is 81.5. The van der Waals surface area contributed by atoms with E-state index in [-0.39, 0.29) is 32.0 Å². The van der Waals surface area contributed by atoms with Crippen LogP contribution in [0.2, 0.25) is 0 Å². The molecular weight excluding hydrogens is 1060 g/mol. The number of likely N-dealkylation sites (N-methyl/N-ethyl adjacent to an activating group) is 1. The van der Waals surface area contributed by atoms with E-state index in [1.54, 1.807) is 0 Å². The first-order chi connectivity index (χ1) is 41.0. The van der Waals surface area contributed by atoms with Crippen LogP contribution in [-0.2, 0) is 32.7 Å². The molecule has 0 aliphatic rings. The van der Waals surface area contributed by atoms with Crippen LogP contribution in [0.3, 0.4) is 0 Å². The van der Waals surface area contributed by atoms with Crippen molar-refractivity contribution in [3.05, 3.63) is 72.9 Å². The molecule has 10 heteroatoms. The predicted molar refractivity (Wildman–Crippen MR) is 360 cm³/mol. The molecule has 490 valence electrons. The lowest BCUT2D eigenvalue weighted by molar-refractivity contribution is -0.870. The van der Waals surface area contributed by atoms with Crippen molar-refractivity contribution in [2.24, 2.45) is 0 Å². The molecule has 0 saturated heterocycles. The molecule has 0 fully saturated rings. The Labute approximate surface area is 520 Å². The molecule has 0 aliphatic heterocycles. The molecule has 0 rings (SSSR count). The van der Waals surface area contributed by atoms with Crippen molar-refractivity contribution in [1.29, 1.82) is 0 Å². The van der Waals surface area contributed by atoms with Crippen molar-refractivity contribution in [2.75, 3.05) is 47.5 Å². The number of ether oxygens (including phenoxy) is 2. The van der Waals surface area contributed by atoms with E-state index >= 15 is 0 Å². The predicted octanol–water partition coefficient (Wildman–Crippen LogP) is 22.5. The van der Waals surface area contributed by atoms with Gasteiger partial charge in [0.15, 0.2) is 6.10 Å². The number of phosphoric acid groups is 1. The smallest absolute Gasteiger partial charge is 0.306 e. The van der Waals surface area contributed by atoms with Crippen LogP contribution in [-0.4, -0.2) is 70.0 Å². The molecule has 0 amide bonds. The van der Waals surface area contributed by atoms with E-state index < -0.39 is 26.5 Å². The summed E-state index contributed by atoms with van der Waals surface area (Å²) < 4.78 is 34.3. The molecule has 0 aromatic rings. The summed E-state index contributed by atoms with van der Waals surface area (Å²) in [4.78, 5) is 38.0. The highest BCUT2D eigenvalue weighted by Crippen LogP contribution is 2.38. The molecule has 0 aliphatic carbocycles. The summed E-state index contributed by atoms with van der Waals surface area (Å²) in [5, 5.41) is 0. The van der Waals surface area contributed by atoms with E-state index in [9.17, 15) is 19.0 Å². The zero-order valence-corrected chi connectivity index (χ0v) is 56.7. The minimum absolute atomic E-state index is 0.0357. The Balaban J connectivity index is 4.00. The van der Waals surface area contributed by atoms with E-state index in [1.165, 1.54) is 205 Å². The normalized spacial score (nSPS) is 13.5. The zero-order valence-electron chi connectivity index (χ0n) is 55.8. The summed E-state index contributed by atoms with van der Waals surface area (Å²) in [6.07, 6.45) is 87.2. The molecule has 2 unspecified atom stereocenters. The maximum absolute atomic E-state index is 12.8. The molecule has 0 N–H and O–H groups in total. The van der Waals surface area contributed by atoms with Gasteiger partial charge < -0.3 is 27.9 Å². The van der Waals surface area contributed by atoms with Gasteiger partial charge in [-0.2, -0.15) is 0 Å². The van der Waals surface area contributed by atoms with Crippen molar-refractivity contribution in [3.8, 4) is 0 Å². The fourth-order valence-electron chi connectivity index (χ4n) is 10.3. The summed E-state index contributed by atoms with van der Waals surface area (Å²) >= 11 is 0. The van der Waals surface area contributed by atoms with Gasteiger partial charge in [-0.15, -0.1) is 0 Å². The molecule has 0 bridgehead atoms. The SMILES string of the molecule is CC/C=C\C/C=C\C/C=C\C/C=C\C/C=C\C/C=C\CCCCCCCCC(=O)OC(COC(=O)CCCCCCCCCCCCCCCCCCCCCCCCCCCCCCCCCCCCC)COP(=O)([O-])OCC[N+](C)(C)C. The van der Waals surface area contributed by atoms with E-state index in [0.717, 1.165) is 96.3 Å². The molecule has 2 atom stereocenters. The van der Waals surface area contributed by atoms with Crippen LogP contribution >= 0.6 is 7.82 Å². The third-order valence-electron chi connectivity index (χ3n) is 15.7. The van der Waals surface area contributed by atoms with Crippen molar-refractivity contribution in [2.45, 2.75) is 341 Å². The highest BCUT2D eigenvalue weighted by Gasteiger charge is 2.22. The third kappa shape index (κ3) is 68.6. The number of allylic oxidation sites excluding steroid dienone is 12. The second-order valence-electron chi connectivity index (χ2n) is 25.2. The molecule has 9 nitrogen and oxygen atoms in total. The van der Waals surface area contributed by atoms with Gasteiger partial charge in [-0.05, 0) is 64.2 Å². The first-order valence-electron chi connectivity index (χ1n) is 35.6. The van der Waals surface area contributed by atoms with Crippen LogP contribution in [0.15, 0.2) is 72.9 Å². The number of esters is 2. The summed E-state index contributed by atoms with van der Waals surface area (Å²) in [5.41, 5.74) is 0. The number of quaternary nitrogens is 1. The maximum Gasteiger partial charge on any atom is 0.306 e. The van der Waals surface area contributed by atoms with Crippen molar-refractivity contribution >= 4 is 19.8 Å². The Morgan fingerprint density at radius 3 is 1.01 bits per heavy atom. The Kier molecular flexibility index (Phi) is 62.9. The van der Waals surface area contributed by atoms with E-state index in [2.05, 4.69) is 86.8 Å². The van der Waals surface area contributed by atoms with Crippen LogP contribution in [0.4, 0.5) is 0 Å². The van der Waals surface area contributed by atoms with Gasteiger partial charge in [0.1, 0.15) is 19.8 Å². The van der Waals surface area contributed by atoms with E-state index in [4.69, 9.17) is 18.5 Å². The number of rotatable bonds is 66. The Hall–Kier alpha value is -2.55. The quantitative estimate of drug-likeness (QED) is 0.0195. The molecule has 0 aromatic heterocycles. The largest absolute Gasteiger partial charge is 0.756 e. The Morgan fingerprint density at radius 1 is 0.381 bits per heavy atom. The molecule has 0 heterocycles. The summed E-state index contributed by atoms with van der Waals surface area (Å²) in [6, 6.07) is 0. The highest BCUT2D eigenvalue weighted by molar-refractivity contribution is 7.45. The average molecular weight is 1200 g/mol.